The van der Waals surface area contributed by atoms with Crippen molar-refractivity contribution >= 4 is 7.82 Å². The molecular formula is C10H15N2O9P. The van der Waals surface area contributed by atoms with Gasteiger partial charge in [-0.2, -0.15) is 0 Å². The molecule has 2 heterocycles. The Morgan fingerprint density at radius 3 is 2.55 bits per heavy atom. The third-order valence-corrected chi connectivity index (χ3v) is 3.65. The molecule has 1 saturated heterocycles. The summed E-state index contributed by atoms with van der Waals surface area (Å²) in [4.78, 5) is 42.2. The maximum absolute atomic E-state index is 11.8. The number of aromatic amines is 1. The lowest BCUT2D eigenvalue weighted by atomic mass is 10.1. The molecule has 0 bridgehead atoms. The molecule has 0 aliphatic carbocycles. The molecule has 5 N–H and O–H groups in total. The first-order valence-electron chi connectivity index (χ1n) is 6.14. The summed E-state index contributed by atoms with van der Waals surface area (Å²) in [7, 11) is -4.77. The third kappa shape index (κ3) is 3.52. The number of phosphoric ester groups is 1. The zero-order valence-electron chi connectivity index (χ0n) is 11.3. The molecule has 1 fully saturated rings. The van der Waals surface area contributed by atoms with Crippen molar-refractivity contribution in [2.45, 2.75) is 31.5 Å². The predicted octanol–water partition coefficient (Wildman–Crippen LogP) is -2.43. The number of aliphatic hydroxyl groups excluding tert-OH is 2. The standard InChI is InChI=1S/C10H15N2O9P/c1-4-2-6(13)11-10(16)12(4)9-8(15)7(14)5(21-9)3-20-22(17,18)19/h2,5,7-9,14-15H,3H2,1H3,(H,11,13,16)(H2,17,18,19). The van der Waals surface area contributed by atoms with Crippen molar-refractivity contribution in [3.05, 3.63) is 32.6 Å². The van der Waals surface area contributed by atoms with Crippen LogP contribution in [0.5, 0.6) is 0 Å². The zero-order valence-corrected chi connectivity index (χ0v) is 12.2. The highest BCUT2D eigenvalue weighted by Crippen LogP contribution is 2.38. The predicted molar refractivity (Wildman–Crippen MR) is 70.0 cm³/mol. The lowest BCUT2D eigenvalue weighted by Crippen LogP contribution is -2.39. The number of hydrogen-bond donors (Lipinski definition) is 5. The quantitative estimate of drug-likeness (QED) is 0.374. The second-order valence-corrected chi connectivity index (χ2v) is 6.02. The van der Waals surface area contributed by atoms with Gasteiger partial charge in [0.1, 0.15) is 18.3 Å². The van der Waals surface area contributed by atoms with Gasteiger partial charge in [0.15, 0.2) is 6.23 Å². The van der Waals surface area contributed by atoms with Gasteiger partial charge < -0.3 is 24.7 Å². The SMILES string of the molecule is Cc1cc(=O)[nH]c(=O)n1C1OC(COP(=O)(O)O)C(O)C1O. The Hall–Kier alpha value is -1.33. The fourth-order valence-corrected chi connectivity index (χ4v) is 2.53. The fourth-order valence-electron chi connectivity index (χ4n) is 2.19. The van der Waals surface area contributed by atoms with E-state index in [1.54, 1.807) is 0 Å². The molecule has 1 aliphatic heterocycles. The summed E-state index contributed by atoms with van der Waals surface area (Å²) in [6, 6.07) is 1.10. The highest BCUT2D eigenvalue weighted by atomic mass is 31.2. The van der Waals surface area contributed by atoms with E-state index in [-0.39, 0.29) is 5.69 Å². The second-order valence-electron chi connectivity index (χ2n) is 4.78. The van der Waals surface area contributed by atoms with Crippen LogP contribution in [0.15, 0.2) is 15.7 Å². The summed E-state index contributed by atoms with van der Waals surface area (Å²) in [6.45, 7) is 0.745. The van der Waals surface area contributed by atoms with E-state index in [9.17, 15) is 24.4 Å². The fraction of sp³-hybridized carbons (Fsp3) is 0.600. The molecule has 124 valence electrons. The zero-order chi connectivity index (χ0) is 16.7. The van der Waals surface area contributed by atoms with E-state index in [0.29, 0.717) is 0 Å². The normalized spacial score (nSPS) is 29.0. The van der Waals surface area contributed by atoms with E-state index in [0.717, 1.165) is 10.6 Å². The van der Waals surface area contributed by atoms with Gasteiger partial charge in [0.25, 0.3) is 5.56 Å². The number of aromatic nitrogens is 2. The van der Waals surface area contributed by atoms with Crippen LogP contribution in [0, 0.1) is 6.92 Å². The first kappa shape index (κ1) is 17.0. The third-order valence-electron chi connectivity index (χ3n) is 3.17. The van der Waals surface area contributed by atoms with Crippen LogP contribution in [0.3, 0.4) is 0 Å². The van der Waals surface area contributed by atoms with Gasteiger partial charge in [0.05, 0.1) is 6.61 Å². The van der Waals surface area contributed by atoms with Crippen molar-refractivity contribution in [2.24, 2.45) is 0 Å². The summed E-state index contributed by atoms with van der Waals surface area (Å²) >= 11 is 0. The molecule has 4 unspecified atom stereocenters. The van der Waals surface area contributed by atoms with Gasteiger partial charge in [-0.25, -0.2) is 9.36 Å². The Balaban J connectivity index is 2.26. The molecule has 0 spiro atoms. The minimum atomic E-state index is -4.77. The molecule has 11 nitrogen and oxygen atoms in total. The number of nitrogens with zero attached hydrogens (tertiary/aromatic N) is 1. The first-order chi connectivity index (χ1) is 10.1. The smallest absolute Gasteiger partial charge is 0.387 e. The Bertz CT molecular complexity index is 707. The number of phosphoric acid groups is 1. The molecule has 0 saturated carbocycles. The van der Waals surface area contributed by atoms with E-state index in [1.807, 2.05) is 4.98 Å². The van der Waals surface area contributed by atoms with Crippen LogP contribution in [0.25, 0.3) is 0 Å². The van der Waals surface area contributed by atoms with Gasteiger partial charge in [-0.3, -0.25) is 18.9 Å². The average Bonchev–Trinajstić information content (AvgIpc) is 2.63. The number of H-pyrrole nitrogens is 1. The van der Waals surface area contributed by atoms with Gasteiger partial charge >= 0.3 is 13.5 Å². The van der Waals surface area contributed by atoms with E-state index in [1.165, 1.54) is 6.92 Å². The van der Waals surface area contributed by atoms with Crippen molar-refractivity contribution in [1.29, 1.82) is 0 Å². The number of hydrogen-bond acceptors (Lipinski definition) is 7. The van der Waals surface area contributed by atoms with Gasteiger partial charge in [-0.15, -0.1) is 0 Å². The van der Waals surface area contributed by atoms with Crippen LogP contribution in [0.1, 0.15) is 11.9 Å². The van der Waals surface area contributed by atoms with Crippen LogP contribution < -0.4 is 11.2 Å². The van der Waals surface area contributed by atoms with Gasteiger partial charge in [-0.05, 0) is 6.92 Å². The topological polar surface area (TPSA) is 171 Å². The maximum atomic E-state index is 11.8. The first-order valence-corrected chi connectivity index (χ1v) is 7.67. The van der Waals surface area contributed by atoms with Crippen LogP contribution in [-0.2, 0) is 13.8 Å². The molecule has 0 aromatic carbocycles. The van der Waals surface area contributed by atoms with E-state index < -0.39 is 50.2 Å². The molecule has 0 radical (unpaired) electrons. The number of rotatable bonds is 4. The monoisotopic (exact) mass is 338 g/mol. The van der Waals surface area contributed by atoms with Crippen molar-refractivity contribution < 1.29 is 33.8 Å². The highest BCUT2D eigenvalue weighted by molar-refractivity contribution is 7.46. The molecule has 1 aromatic heterocycles. The second kappa shape index (κ2) is 6.05. The summed E-state index contributed by atoms with van der Waals surface area (Å²) in [5.41, 5.74) is -1.30. The molecular weight excluding hydrogens is 323 g/mol. The number of ether oxygens (including phenoxy) is 1. The van der Waals surface area contributed by atoms with Crippen LogP contribution in [-0.4, -0.2) is 54.5 Å². The molecule has 12 heteroatoms. The number of aryl methyl sites for hydroxylation is 1. The highest BCUT2D eigenvalue weighted by Gasteiger charge is 2.45. The maximum Gasteiger partial charge on any atom is 0.469 e. The Kier molecular flexibility index (Phi) is 4.68. The average molecular weight is 338 g/mol. The minimum Gasteiger partial charge on any atom is -0.387 e. The number of nitrogens with one attached hydrogen (secondary N) is 1. The van der Waals surface area contributed by atoms with Gasteiger partial charge in [0.2, 0.25) is 0 Å². The molecule has 22 heavy (non-hydrogen) atoms. The van der Waals surface area contributed by atoms with Crippen molar-refractivity contribution in [1.82, 2.24) is 9.55 Å². The summed E-state index contributed by atoms with van der Waals surface area (Å²) in [5.74, 6) is 0. The number of aliphatic hydroxyl groups is 2. The van der Waals surface area contributed by atoms with Gasteiger partial charge in [-0.1, -0.05) is 0 Å². The lowest BCUT2D eigenvalue weighted by molar-refractivity contribution is -0.0552. The molecule has 4 atom stereocenters. The van der Waals surface area contributed by atoms with Gasteiger partial charge in [0, 0.05) is 11.8 Å². The summed E-state index contributed by atoms with van der Waals surface area (Å²) < 4.78 is 21.0. The summed E-state index contributed by atoms with van der Waals surface area (Å²) in [5, 5.41) is 19.8. The Morgan fingerprint density at radius 2 is 2.00 bits per heavy atom. The van der Waals surface area contributed by atoms with Crippen LogP contribution in [0.2, 0.25) is 0 Å². The lowest BCUT2D eigenvalue weighted by Gasteiger charge is -2.19. The van der Waals surface area contributed by atoms with E-state index >= 15 is 0 Å². The Morgan fingerprint density at radius 1 is 1.36 bits per heavy atom. The molecule has 1 aromatic rings. The molecule has 2 rings (SSSR count). The minimum absolute atomic E-state index is 0.182. The molecule has 0 amide bonds. The summed E-state index contributed by atoms with van der Waals surface area (Å²) in [6.07, 6.45) is -5.67. The molecule has 1 aliphatic rings. The van der Waals surface area contributed by atoms with Crippen LogP contribution in [0.4, 0.5) is 0 Å². The van der Waals surface area contributed by atoms with Crippen molar-refractivity contribution in [2.75, 3.05) is 6.61 Å². The Labute approximate surface area is 123 Å². The van der Waals surface area contributed by atoms with Crippen molar-refractivity contribution in [3.63, 3.8) is 0 Å². The van der Waals surface area contributed by atoms with E-state index in [2.05, 4.69) is 4.52 Å². The van der Waals surface area contributed by atoms with Crippen LogP contribution >= 0.6 is 7.82 Å². The van der Waals surface area contributed by atoms with E-state index in [4.69, 9.17) is 14.5 Å². The van der Waals surface area contributed by atoms with Crippen molar-refractivity contribution in [3.8, 4) is 0 Å². The largest absolute Gasteiger partial charge is 0.469 e.